The van der Waals surface area contributed by atoms with Crippen molar-refractivity contribution in [3.63, 3.8) is 0 Å². The van der Waals surface area contributed by atoms with E-state index in [1.165, 1.54) is 5.57 Å². The second-order valence-electron chi connectivity index (χ2n) is 5.53. The van der Waals surface area contributed by atoms with Crippen molar-refractivity contribution in [3.05, 3.63) is 45.5 Å². The van der Waals surface area contributed by atoms with Gasteiger partial charge >= 0.3 is 0 Å². The highest BCUT2D eigenvalue weighted by molar-refractivity contribution is 6.35. The number of benzene rings is 1. The Labute approximate surface area is 144 Å². The van der Waals surface area contributed by atoms with E-state index >= 15 is 0 Å². The van der Waals surface area contributed by atoms with Crippen molar-refractivity contribution in [1.29, 1.82) is 0 Å². The summed E-state index contributed by atoms with van der Waals surface area (Å²) in [5, 5.41) is 1.27. The Hall–Kier alpha value is -0.540. The van der Waals surface area contributed by atoms with Gasteiger partial charge in [0, 0.05) is 22.2 Å². The highest BCUT2D eigenvalue weighted by atomic mass is 35.5. The van der Waals surface area contributed by atoms with Crippen molar-refractivity contribution in [2.45, 2.75) is 59.4 Å². The van der Waals surface area contributed by atoms with Crippen LogP contribution in [0.5, 0.6) is 0 Å². The maximum atomic E-state index is 6.14. The molecule has 0 fully saturated rings. The fourth-order valence-electron chi connectivity index (χ4n) is 1.92. The van der Waals surface area contributed by atoms with E-state index in [9.17, 15) is 0 Å². The summed E-state index contributed by atoms with van der Waals surface area (Å²) in [5.74, 6) is 0. The molecule has 0 aliphatic heterocycles. The minimum absolute atomic E-state index is 0.0184. The van der Waals surface area contributed by atoms with E-state index in [-0.39, 0.29) is 12.2 Å². The van der Waals surface area contributed by atoms with Crippen molar-refractivity contribution >= 4 is 23.2 Å². The predicted molar refractivity (Wildman–Crippen MR) is 94.8 cm³/mol. The molecule has 0 saturated carbocycles. The highest BCUT2D eigenvalue weighted by Crippen LogP contribution is 2.25. The van der Waals surface area contributed by atoms with Crippen molar-refractivity contribution < 1.29 is 9.47 Å². The molecule has 22 heavy (non-hydrogen) atoms. The van der Waals surface area contributed by atoms with Gasteiger partial charge in [0.2, 0.25) is 0 Å². The van der Waals surface area contributed by atoms with Crippen molar-refractivity contribution in [3.8, 4) is 0 Å². The summed E-state index contributed by atoms with van der Waals surface area (Å²) in [6.45, 7) is 9.38. The number of allylic oxidation sites excluding steroid dienone is 2. The summed E-state index contributed by atoms with van der Waals surface area (Å²) in [7, 11) is 0. The van der Waals surface area contributed by atoms with Crippen LogP contribution in [0.25, 0.3) is 0 Å². The number of ether oxygens (including phenoxy) is 2. The second kappa shape index (κ2) is 10.3. The molecule has 2 nitrogen and oxygen atoms in total. The largest absolute Gasteiger partial charge is 0.376 e. The fourth-order valence-corrected chi connectivity index (χ4v) is 2.43. The molecule has 0 saturated heterocycles. The first-order chi connectivity index (χ1) is 10.5. The van der Waals surface area contributed by atoms with Gasteiger partial charge in [0.25, 0.3) is 0 Å². The van der Waals surface area contributed by atoms with Crippen LogP contribution in [0.15, 0.2) is 29.8 Å². The lowest BCUT2D eigenvalue weighted by Gasteiger charge is -2.21. The molecule has 2 atom stereocenters. The normalized spacial score (nSPS) is 14.9. The Morgan fingerprint density at radius 1 is 1.14 bits per heavy atom. The van der Waals surface area contributed by atoms with E-state index < -0.39 is 0 Å². The third kappa shape index (κ3) is 6.70. The Morgan fingerprint density at radius 3 is 2.32 bits per heavy atom. The quantitative estimate of drug-likeness (QED) is 0.401. The van der Waals surface area contributed by atoms with Gasteiger partial charge < -0.3 is 9.47 Å². The number of hydrogen-bond acceptors (Lipinski definition) is 2. The molecule has 0 amide bonds. The molecule has 1 unspecified atom stereocenters. The molecule has 0 spiro atoms. The molecular weight excluding hydrogens is 319 g/mol. The Morgan fingerprint density at radius 2 is 1.73 bits per heavy atom. The topological polar surface area (TPSA) is 18.5 Å². The van der Waals surface area contributed by atoms with Crippen LogP contribution >= 0.6 is 23.2 Å². The Bertz CT molecular complexity index is 466. The molecule has 0 heterocycles. The van der Waals surface area contributed by atoms with Crippen molar-refractivity contribution in [2.24, 2.45) is 0 Å². The number of rotatable bonds is 9. The summed E-state index contributed by atoms with van der Waals surface area (Å²) in [4.78, 5) is 0. The summed E-state index contributed by atoms with van der Waals surface area (Å²) in [6, 6.07) is 5.47. The molecule has 0 aliphatic rings. The molecule has 1 rings (SSSR count). The first-order valence-electron chi connectivity index (χ1n) is 7.73. The Balaban J connectivity index is 2.34. The first kappa shape index (κ1) is 19.5. The number of halogens is 2. The zero-order chi connectivity index (χ0) is 16.5. The van der Waals surface area contributed by atoms with E-state index in [1.807, 2.05) is 32.0 Å². The lowest BCUT2D eigenvalue weighted by Crippen LogP contribution is -2.26. The standard InChI is InChI=1S/C18H26Cl2O2/c1-5-13(2)8-7-11-21-14(3)15(4)22-12-16-17(19)9-6-10-18(16)20/h5-6,9-10,14-15H,7-8,11-12H2,1-4H3/b13-5-/t14?,15-/m0/s1. The van der Waals surface area contributed by atoms with Crippen LogP contribution in [0.2, 0.25) is 10.0 Å². The third-order valence-corrected chi connectivity index (χ3v) is 4.51. The molecule has 4 heteroatoms. The molecule has 0 bridgehead atoms. The van der Waals surface area contributed by atoms with Crippen LogP contribution in [0.1, 0.15) is 46.1 Å². The minimum atomic E-state index is -0.0184. The van der Waals surface area contributed by atoms with Crippen LogP contribution in [-0.4, -0.2) is 18.8 Å². The van der Waals surface area contributed by atoms with E-state index in [1.54, 1.807) is 0 Å². The smallest absolute Gasteiger partial charge is 0.0810 e. The number of hydrogen-bond donors (Lipinski definition) is 0. The summed E-state index contributed by atoms with van der Waals surface area (Å²) >= 11 is 12.3. The third-order valence-electron chi connectivity index (χ3n) is 3.80. The Kier molecular flexibility index (Phi) is 9.11. The molecule has 0 aliphatic carbocycles. The fraction of sp³-hybridized carbons (Fsp3) is 0.556. The summed E-state index contributed by atoms with van der Waals surface area (Å²) < 4.78 is 11.7. The maximum Gasteiger partial charge on any atom is 0.0810 e. The van der Waals surface area contributed by atoms with Gasteiger partial charge in [-0.3, -0.25) is 0 Å². The van der Waals surface area contributed by atoms with Crippen LogP contribution in [-0.2, 0) is 16.1 Å². The SMILES string of the molecule is C/C=C(/C)CCCOC(C)[C@H](C)OCc1c(Cl)cccc1Cl. The van der Waals surface area contributed by atoms with Gasteiger partial charge in [0.15, 0.2) is 0 Å². The van der Waals surface area contributed by atoms with Crippen molar-refractivity contribution in [1.82, 2.24) is 0 Å². The molecule has 1 aromatic carbocycles. The molecule has 0 aromatic heterocycles. The van der Waals surface area contributed by atoms with Crippen LogP contribution in [0, 0.1) is 0 Å². The second-order valence-corrected chi connectivity index (χ2v) is 6.35. The van der Waals surface area contributed by atoms with Crippen LogP contribution in [0.4, 0.5) is 0 Å². The average molecular weight is 345 g/mol. The van der Waals surface area contributed by atoms with E-state index in [0.29, 0.717) is 16.7 Å². The lowest BCUT2D eigenvalue weighted by molar-refractivity contribution is -0.0629. The van der Waals surface area contributed by atoms with E-state index in [4.69, 9.17) is 32.7 Å². The summed E-state index contributed by atoms with van der Waals surface area (Å²) in [5.41, 5.74) is 2.22. The molecule has 0 N–H and O–H groups in total. The maximum absolute atomic E-state index is 6.14. The molecule has 1 aromatic rings. The minimum Gasteiger partial charge on any atom is -0.376 e. The van der Waals surface area contributed by atoms with Gasteiger partial charge in [-0.25, -0.2) is 0 Å². The lowest BCUT2D eigenvalue weighted by atomic mass is 10.1. The zero-order valence-electron chi connectivity index (χ0n) is 13.9. The van der Waals surface area contributed by atoms with E-state index in [0.717, 1.165) is 25.0 Å². The highest BCUT2D eigenvalue weighted by Gasteiger charge is 2.15. The predicted octanol–water partition coefficient (Wildman–Crippen LogP) is 6.05. The summed E-state index contributed by atoms with van der Waals surface area (Å²) in [6.07, 6.45) is 4.27. The monoisotopic (exact) mass is 344 g/mol. The van der Waals surface area contributed by atoms with E-state index in [2.05, 4.69) is 19.9 Å². The molecular formula is C18H26Cl2O2. The van der Waals surface area contributed by atoms with Crippen molar-refractivity contribution in [2.75, 3.05) is 6.61 Å². The first-order valence-corrected chi connectivity index (χ1v) is 8.49. The van der Waals surface area contributed by atoms with Crippen LogP contribution < -0.4 is 0 Å². The van der Waals surface area contributed by atoms with Crippen LogP contribution in [0.3, 0.4) is 0 Å². The zero-order valence-corrected chi connectivity index (χ0v) is 15.4. The molecule has 124 valence electrons. The average Bonchev–Trinajstić information content (AvgIpc) is 2.50. The molecule has 0 radical (unpaired) electrons. The van der Waals surface area contributed by atoms with Gasteiger partial charge in [0.05, 0.1) is 18.8 Å². The van der Waals surface area contributed by atoms with Gasteiger partial charge in [0.1, 0.15) is 0 Å². The van der Waals surface area contributed by atoms with Gasteiger partial charge in [-0.15, -0.1) is 0 Å². The van der Waals surface area contributed by atoms with Gasteiger partial charge in [-0.05, 0) is 52.7 Å². The van der Waals surface area contributed by atoms with Gasteiger partial charge in [-0.2, -0.15) is 0 Å². The van der Waals surface area contributed by atoms with Gasteiger partial charge in [-0.1, -0.05) is 40.9 Å².